The van der Waals surface area contributed by atoms with E-state index in [0.717, 1.165) is 23.1 Å². The van der Waals surface area contributed by atoms with Gasteiger partial charge in [-0.2, -0.15) is 13.2 Å². The number of alkyl halides is 3. The average molecular weight is 513 g/mol. The molecule has 4 rings (SSSR count). The second-order valence-corrected chi connectivity index (χ2v) is 8.06. The number of Topliss-reactive ketones (excluding diaryl/α,β-unsaturated/α-hetero) is 1. The van der Waals surface area contributed by atoms with Crippen LogP contribution >= 0.6 is 0 Å². The van der Waals surface area contributed by atoms with Gasteiger partial charge < -0.3 is 19.3 Å². The van der Waals surface area contributed by atoms with Gasteiger partial charge in [-0.1, -0.05) is 12.1 Å². The molecule has 37 heavy (non-hydrogen) atoms. The fraction of sp³-hybridized carbons (Fsp3) is 0.185. The zero-order chi connectivity index (χ0) is 26.9. The molecule has 7 nitrogen and oxygen atoms in total. The van der Waals surface area contributed by atoms with Crippen molar-refractivity contribution in [2.24, 2.45) is 0 Å². The average Bonchev–Trinajstić information content (AvgIpc) is 3.17. The van der Waals surface area contributed by atoms with E-state index in [2.05, 4.69) is 0 Å². The highest BCUT2D eigenvalue weighted by Gasteiger charge is 2.47. The Kier molecular flexibility index (Phi) is 6.84. The summed E-state index contributed by atoms with van der Waals surface area (Å²) in [5.41, 5.74) is -0.920. The summed E-state index contributed by atoms with van der Waals surface area (Å²) >= 11 is 0. The zero-order valence-electron chi connectivity index (χ0n) is 20.0. The number of halogens is 3. The van der Waals surface area contributed by atoms with E-state index in [4.69, 9.17) is 14.2 Å². The summed E-state index contributed by atoms with van der Waals surface area (Å²) in [5, 5.41) is 11.2. The molecule has 192 valence electrons. The van der Waals surface area contributed by atoms with Crippen molar-refractivity contribution in [3.05, 3.63) is 89.0 Å². The van der Waals surface area contributed by atoms with Gasteiger partial charge >= 0.3 is 6.18 Å². The number of aliphatic hydroxyl groups excluding tert-OH is 1. The number of benzene rings is 3. The number of methoxy groups -OCH3 is 3. The first-order chi connectivity index (χ1) is 17.6. The van der Waals surface area contributed by atoms with E-state index in [1.807, 2.05) is 0 Å². The van der Waals surface area contributed by atoms with E-state index in [1.54, 1.807) is 18.2 Å². The van der Waals surface area contributed by atoms with Crippen molar-refractivity contribution < 1.29 is 42.1 Å². The number of rotatable bonds is 6. The van der Waals surface area contributed by atoms with Crippen LogP contribution in [-0.2, 0) is 15.8 Å². The number of hydrogen-bond acceptors (Lipinski definition) is 6. The van der Waals surface area contributed by atoms with Gasteiger partial charge in [0.15, 0.2) is 11.5 Å². The highest BCUT2D eigenvalue weighted by molar-refractivity contribution is 6.51. The van der Waals surface area contributed by atoms with Crippen LogP contribution in [0.4, 0.5) is 18.9 Å². The Morgan fingerprint density at radius 3 is 2.14 bits per heavy atom. The largest absolute Gasteiger partial charge is 0.507 e. The number of nitrogens with zero attached hydrogens (tertiary/aromatic N) is 1. The number of carbonyl (C=O) groups excluding carboxylic acids is 2. The van der Waals surface area contributed by atoms with Crippen LogP contribution in [-0.4, -0.2) is 38.1 Å². The molecule has 3 aromatic rings. The number of anilines is 1. The maximum absolute atomic E-state index is 13.5. The van der Waals surface area contributed by atoms with Crippen LogP contribution in [0, 0.1) is 0 Å². The van der Waals surface area contributed by atoms with Crippen molar-refractivity contribution in [2.45, 2.75) is 12.2 Å². The lowest BCUT2D eigenvalue weighted by Gasteiger charge is -2.26. The van der Waals surface area contributed by atoms with Crippen LogP contribution in [0.5, 0.6) is 17.2 Å². The molecule has 0 radical (unpaired) electrons. The highest BCUT2D eigenvalue weighted by atomic mass is 19.4. The number of amides is 1. The maximum atomic E-state index is 13.5. The number of carbonyl (C=O) groups is 2. The summed E-state index contributed by atoms with van der Waals surface area (Å²) in [6.45, 7) is 0. The third kappa shape index (κ3) is 4.69. The van der Waals surface area contributed by atoms with Gasteiger partial charge in [0.2, 0.25) is 0 Å². The molecule has 1 fully saturated rings. The summed E-state index contributed by atoms with van der Waals surface area (Å²) < 4.78 is 56.1. The van der Waals surface area contributed by atoms with Crippen LogP contribution < -0.4 is 19.1 Å². The molecule has 0 aromatic heterocycles. The van der Waals surface area contributed by atoms with Gasteiger partial charge in [0, 0.05) is 11.3 Å². The molecule has 10 heteroatoms. The van der Waals surface area contributed by atoms with Gasteiger partial charge in [-0.25, -0.2) is 0 Å². The summed E-state index contributed by atoms with van der Waals surface area (Å²) in [6, 6.07) is 13.5. The molecule has 1 unspecified atom stereocenters. The first-order valence-electron chi connectivity index (χ1n) is 10.9. The quantitative estimate of drug-likeness (QED) is 0.272. The van der Waals surface area contributed by atoms with Crippen molar-refractivity contribution in [1.29, 1.82) is 0 Å². The van der Waals surface area contributed by atoms with E-state index in [0.29, 0.717) is 17.1 Å². The highest BCUT2D eigenvalue weighted by Crippen LogP contribution is 2.45. The van der Waals surface area contributed by atoms with Crippen molar-refractivity contribution >= 4 is 23.1 Å². The summed E-state index contributed by atoms with van der Waals surface area (Å²) in [4.78, 5) is 27.4. The SMILES string of the molecule is COc1ccc(C(O)=C2C(=O)C(=O)N(c3cccc(C(F)(F)F)c3)C2c2ccc(OC)c(OC)c2)cc1. The van der Waals surface area contributed by atoms with Gasteiger partial charge in [-0.3, -0.25) is 14.5 Å². The number of hydrogen-bond donors (Lipinski definition) is 1. The van der Waals surface area contributed by atoms with Gasteiger partial charge in [0.25, 0.3) is 11.7 Å². The molecule has 1 saturated heterocycles. The van der Waals surface area contributed by atoms with E-state index < -0.39 is 35.2 Å². The zero-order valence-corrected chi connectivity index (χ0v) is 20.0. The number of ketones is 1. The minimum atomic E-state index is -4.68. The fourth-order valence-corrected chi connectivity index (χ4v) is 4.17. The minimum absolute atomic E-state index is 0.162. The molecule has 1 amide bonds. The van der Waals surface area contributed by atoms with Gasteiger partial charge in [0.1, 0.15) is 11.5 Å². The molecule has 0 saturated carbocycles. The van der Waals surface area contributed by atoms with Crippen molar-refractivity contribution in [2.75, 3.05) is 26.2 Å². The summed E-state index contributed by atoms with van der Waals surface area (Å²) in [7, 11) is 4.28. The van der Waals surface area contributed by atoms with Gasteiger partial charge in [-0.15, -0.1) is 0 Å². The van der Waals surface area contributed by atoms with E-state index in [9.17, 15) is 27.9 Å². The number of ether oxygens (including phenoxy) is 3. The molecule has 1 atom stereocenters. The molecule has 0 bridgehead atoms. The monoisotopic (exact) mass is 513 g/mol. The molecule has 1 aliphatic rings. The van der Waals surface area contributed by atoms with Crippen molar-refractivity contribution in [1.82, 2.24) is 0 Å². The Hall–Kier alpha value is -4.47. The Balaban J connectivity index is 1.96. The molecule has 0 aliphatic carbocycles. The topological polar surface area (TPSA) is 85.3 Å². The Morgan fingerprint density at radius 2 is 1.54 bits per heavy atom. The van der Waals surface area contributed by atoms with Crippen LogP contribution in [0.3, 0.4) is 0 Å². The Bertz CT molecular complexity index is 1380. The lowest BCUT2D eigenvalue weighted by atomic mass is 9.94. The maximum Gasteiger partial charge on any atom is 0.416 e. The predicted molar refractivity (Wildman–Crippen MR) is 129 cm³/mol. The molecule has 3 aromatic carbocycles. The molecule has 1 N–H and O–H groups in total. The van der Waals surface area contributed by atoms with E-state index in [1.165, 1.54) is 51.7 Å². The smallest absolute Gasteiger partial charge is 0.416 e. The third-order valence-corrected chi connectivity index (χ3v) is 5.98. The molecule has 1 aliphatic heterocycles. The lowest BCUT2D eigenvalue weighted by molar-refractivity contribution is -0.137. The van der Waals surface area contributed by atoms with Gasteiger partial charge in [-0.05, 0) is 60.2 Å². The summed E-state index contributed by atoms with van der Waals surface area (Å²) in [5.74, 6) is -1.51. The first kappa shape index (κ1) is 25.6. The van der Waals surface area contributed by atoms with Crippen molar-refractivity contribution in [3.8, 4) is 17.2 Å². The number of aliphatic hydroxyl groups is 1. The van der Waals surface area contributed by atoms with Crippen LogP contribution in [0.25, 0.3) is 5.76 Å². The summed E-state index contributed by atoms with van der Waals surface area (Å²) in [6.07, 6.45) is -4.68. The Morgan fingerprint density at radius 1 is 0.865 bits per heavy atom. The minimum Gasteiger partial charge on any atom is -0.507 e. The molecule has 1 heterocycles. The van der Waals surface area contributed by atoms with E-state index >= 15 is 0 Å². The molecule has 0 spiro atoms. The Labute approximate surface area is 210 Å². The van der Waals surface area contributed by atoms with Crippen LogP contribution in [0.1, 0.15) is 22.7 Å². The van der Waals surface area contributed by atoms with Crippen molar-refractivity contribution in [3.63, 3.8) is 0 Å². The second kappa shape index (κ2) is 9.88. The standard InChI is InChI=1S/C27H22F3NO6/c1-35-19-10-7-15(8-11-19)24(32)22-23(16-9-12-20(36-2)21(13-16)37-3)31(26(34)25(22)33)18-6-4-5-17(14-18)27(28,29)30/h4-14,23,32H,1-3H3. The normalized spacial score (nSPS) is 17.1. The second-order valence-electron chi connectivity index (χ2n) is 8.06. The molecular formula is C27H22F3NO6. The lowest BCUT2D eigenvalue weighted by Crippen LogP contribution is -2.29. The van der Waals surface area contributed by atoms with E-state index in [-0.39, 0.29) is 22.6 Å². The van der Waals surface area contributed by atoms with Crippen LogP contribution in [0.15, 0.2) is 72.3 Å². The predicted octanol–water partition coefficient (Wildman–Crippen LogP) is 5.36. The van der Waals surface area contributed by atoms with Crippen LogP contribution in [0.2, 0.25) is 0 Å². The first-order valence-corrected chi connectivity index (χ1v) is 10.9. The third-order valence-electron chi connectivity index (χ3n) is 5.98. The van der Waals surface area contributed by atoms with Gasteiger partial charge in [0.05, 0.1) is 38.5 Å². The fourth-order valence-electron chi connectivity index (χ4n) is 4.17. The molecular weight excluding hydrogens is 491 g/mol.